The molecule has 0 aromatic heterocycles. The minimum atomic E-state index is -1.26. The van der Waals surface area contributed by atoms with Crippen molar-refractivity contribution in [2.24, 2.45) is 0 Å². The first-order chi connectivity index (χ1) is 17.7. The molecule has 0 unspecified atom stereocenters. The van der Waals surface area contributed by atoms with Crippen molar-refractivity contribution in [3.8, 4) is 5.75 Å². The van der Waals surface area contributed by atoms with E-state index in [2.05, 4.69) is 0 Å². The van der Waals surface area contributed by atoms with Crippen LogP contribution in [0.25, 0.3) is 0 Å². The number of ether oxygens (including phenoxy) is 5. The lowest BCUT2D eigenvalue weighted by molar-refractivity contribution is -0.169. The van der Waals surface area contributed by atoms with Gasteiger partial charge in [0.25, 0.3) is 0 Å². The molecule has 0 amide bonds. The average Bonchev–Trinajstić information content (AvgIpc) is 2.83. The van der Waals surface area contributed by atoms with Crippen LogP contribution in [0, 0.1) is 0 Å². The van der Waals surface area contributed by atoms with Crippen molar-refractivity contribution in [2.45, 2.75) is 63.5 Å². The fraction of sp³-hybridized carbons (Fsp3) is 0.500. The summed E-state index contributed by atoms with van der Waals surface area (Å²) in [6, 6.07) is 13.4. The molecule has 200 valence electrons. The van der Waals surface area contributed by atoms with E-state index in [-0.39, 0.29) is 50.1 Å². The van der Waals surface area contributed by atoms with Crippen molar-refractivity contribution >= 4 is 23.5 Å². The Morgan fingerprint density at radius 1 is 1.08 bits per heavy atom. The zero-order chi connectivity index (χ0) is 26.4. The molecule has 2 heterocycles. The second kappa shape index (κ2) is 12.2. The number of esters is 2. The molecule has 9 heteroatoms. The van der Waals surface area contributed by atoms with Crippen LogP contribution >= 0.6 is 11.6 Å². The zero-order valence-electron chi connectivity index (χ0n) is 21.0. The van der Waals surface area contributed by atoms with Crippen LogP contribution in [0.2, 0.25) is 5.02 Å². The molecule has 2 aliphatic rings. The number of carbonyl (C=O) groups excluding carboxylic acids is 2. The highest BCUT2D eigenvalue weighted by atomic mass is 35.5. The molecule has 2 saturated heterocycles. The number of hydrogen-bond donors (Lipinski definition) is 0. The van der Waals surface area contributed by atoms with Gasteiger partial charge in [0.05, 0.1) is 32.0 Å². The number of carbonyl (C=O) groups is 2. The van der Waals surface area contributed by atoms with E-state index in [4.69, 9.17) is 35.3 Å². The average molecular weight is 535 g/mol. The molecule has 0 spiro atoms. The Labute approximate surface area is 221 Å². The van der Waals surface area contributed by atoms with Crippen molar-refractivity contribution in [2.75, 3.05) is 26.4 Å². The number of rotatable bonds is 10. The van der Waals surface area contributed by atoms with E-state index >= 15 is 0 Å². The highest BCUT2D eigenvalue weighted by Gasteiger charge is 2.38. The number of alkyl halides is 1. The first kappa shape index (κ1) is 27.4. The Kier molecular flexibility index (Phi) is 9.05. The van der Waals surface area contributed by atoms with Crippen LogP contribution in [0.4, 0.5) is 4.39 Å². The first-order valence-corrected chi connectivity index (χ1v) is 12.8. The molecule has 2 aromatic rings. The minimum Gasteiger partial charge on any atom is -0.493 e. The smallest absolute Gasteiger partial charge is 0.302 e. The molecule has 0 N–H and O–H groups in total. The summed E-state index contributed by atoms with van der Waals surface area (Å²) >= 11 is 6.52. The SMILES string of the molecule is CC(=O)OC[C@@H]1C[C@H](OC(C)=O)C[C@H](c2ccc(Cl)c(Cc3ccc(OCCC4(F)COC4)cc3)c2)O1. The largest absolute Gasteiger partial charge is 0.493 e. The Bertz CT molecular complexity index is 1090. The van der Waals surface area contributed by atoms with Crippen molar-refractivity contribution < 1.29 is 37.7 Å². The summed E-state index contributed by atoms with van der Waals surface area (Å²) in [7, 11) is 0. The molecule has 2 aliphatic heterocycles. The lowest BCUT2D eigenvalue weighted by Crippen LogP contribution is -2.46. The molecule has 0 aliphatic carbocycles. The maximum Gasteiger partial charge on any atom is 0.302 e. The zero-order valence-corrected chi connectivity index (χ0v) is 21.8. The number of halogens is 2. The number of benzene rings is 2. The highest BCUT2D eigenvalue weighted by Crippen LogP contribution is 2.35. The molecular weight excluding hydrogens is 503 g/mol. The van der Waals surface area contributed by atoms with Gasteiger partial charge >= 0.3 is 11.9 Å². The summed E-state index contributed by atoms with van der Waals surface area (Å²) < 4.78 is 41.4. The molecule has 37 heavy (non-hydrogen) atoms. The van der Waals surface area contributed by atoms with E-state index in [0.29, 0.717) is 43.1 Å². The van der Waals surface area contributed by atoms with Gasteiger partial charge in [-0.15, -0.1) is 0 Å². The molecule has 0 saturated carbocycles. The Hall–Kier alpha value is -2.68. The third-order valence-electron chi connectivity index (χ3n) is 6.46. The summed E-state index contributed by atoms with van der Waals surface area (Å²) in [5.74, 6) is -0.0695. The van der Waals surface area contributed by atoms with E-state index in [9.17, 15) is 14.0 Å². The standard InChI is InChI=1S/C28H32ClFO7/c1-18(31)35-15-25-13-24(36-19(2)32)14-27(37-25)21-5-8-26(29)22(12-21)11-20-3-6-23(7-4-20)34-10-9-28(30)16-33-17-28/h3-8,12,24-25,27H,9-11,13-17H2,1-2H3/t24-,25-,27+/m0/s1. The van der Waals surface area contributed by atoms with Gasteiger partial charge in [0, 0.05) is 38.1 Å². The van der Waals surface area contributed by atoms with Crippen LogP contribution in [0.3, 0.4) is 0 Å². The van der Waals surface area contributed by atoms with Gasteiger partial charge < -0.3 is 23.7 Å². The summed E-state index contributed by atoms with van der Waals surface area (Å²) in [6.07, 6.45) is 0.782. The van der Waals surface area contributed by atoms with Crippen LogP contribution in [-0.2, 0) is 35.0 Å². The topological polar surface area (TPSA) is 80.3 Å². The third kappa shape index (κ3) is 7.90. The number of hydrogen-bond acceptors (Lipinski definition) is 7. The van der Waals surface area contributed by atoms with Crippen molar-refractivity contribution in [3.63, 3.8) is 0 Å². The monoisotopic (exact) mass is 534 g/mol. The predicted octanol–water partition coefficient (Wildman–Crippen LogP) is 5.15. The first-order valence-electron chi connectivity index (χ1n) is 12.4. The molecule has 2 fully saturated rings. The maximum atomic E-state index is 14.0. The van der Waals surface area contributed by atoms with Crippen LogP contribution in [0.15, 0.2) is 42.5 Å². The maximum absolute atomic E-state index is 14.0. The van der Waals surface area contributed by atoms with Gasteiger partial charge in [0.15, 0.2) is 5.67 Å². The second-order valence-corrected chi connectivity index (χ2v) is 10.1. The molecule has 0 bridgehead atoms. The molecule has 7 nitrogen and oxygen atoms in total. The van der Waals surface area contributed by atoms with Crippen LogP contribution in [0.5, 0.6) is 5.75 Å². The molecule has 4 rings (SSSR count). The van der Waals surface area contributed by atoms with E-state index in [1.54, 1.807) is 0 Å². The minimum absolute atomic E-state index is 0.0958. The van der Waals surface area contributed by atoms with Gasteiger partial charge in [0.2, 0.25) is 0 Å². The third-order valence-corrected chi connectivity index (χ3v) is 6.83. The summed E-state index contributed by atoms with van der Waals surface area (Å²) in [6.45, 7) is 3.39. The quantitative estimate of drug-likeness (QED) is 0.390. The summed E-state index contributed by atoms with van der Waals surface area (Å²) in [4.78, 5) is 22.9. The Balaban J connectivity index is 1.40. The normalized spacial score (nSPS) is 22.5. The summed E-state index contributed by atoms with van der Waals surface area (Å²) in [5.41, 5.74) is 1.61. The lowest BCUT2D eigenvalue weighted by atomic mass is 9.94. The van der Waals surface area contributed by atoms with Gasteiger partial charge in [-0.2, -0.15) is 0 Å². The second-order valence-electron chi connectivity index (χ2n) is 9.67. The van der Waals surface area contributed by atoms with Crippen LogP contribution in [-0.4, -0.2) is 56.2 Å². The fourth-order valence-corrected chi connectivity index (χ4v) is 4.69. The Morgan fingerprint density at radius 2 is 1.84 bits per heavy atom. The van der Waals surface area contributed by atoms with Crippen LogP contribution in [0.1, 0.15) is 55.9 Å². The molecule has 2 aromatic carbocycles. The van der Waals surface area contributed by atoms with E-state index in [1.165, 1.54) is 13.8 Å². The lowest BCUT2D eigenvalue weighted by Gasteiger charge is -2.35. The van der Waals surface area contributed by atoms with Gasteiger partial charge in [0.1, 0.15) is 18.5 Å². The molecular formula is C28H32ClFO7. The van der Waals surface area contributed by atoms with E-state index in [0.717, 1.165) is 16.7 Å². The van der Waals surface area contributed by atoms with Gasteiger partial charge in [-0.1, -0.05) is 35.9 Å². The van der Waals surface area contributed by atoms with Gasteiger partial charge in [-0.05, 0) is 41.3 Å². The van der Waals surface area contributed by atoms with Crippen molar-refractivity contribution in [1.82, 2.24) is 0 Å². The molecule has 0 radical (unpaired) electrons. The van der Waals surface area contributed by atoms with Crippen molar-refractivity contribution in [3.05, 3.63) is 64.2 Å². The van der Waals surface area contributed by atoms with Gasteiger partial charge in [-0.25, -0.2) is 4.39 Å². The predicted molar refractivity (Wildman–Crippen MR) is 135 cm³/mol. The van der Waals surface area contributed by atoms with Gasteiger partial charge in [-0.3, -0.25) is 9.59 Å². The fourth-order valence-electron chi connectivity index (χ4n) is 4.51. The van der Waals surface area contributed by atoms with E-state index < -0.39 is 5.67 Å². The Morgan fingerprint density at radius 3 is 2.49 bits per heavy atom. The van der Waals surface area contributed by atoms with Crippen molar-refractivity contribution in [1.29, 1.82) is 0 Å². The highest BCUT2D eigenvalue weighted by molar-refractivity contribution is 6.31. The molecule has 3 atom stereocenters. The summed E-state index contributed by atoms with van der Waals surface area (Å²) in [5, 5.41) is 0.629. The van der Waals surface area contributed by atoms with Crippen LogP contribution < -0.4 is 4.74 Å². The van der Waals surface area contributed by atoms with E-state index in [1.807, 2.05) is 42.5 Å².